The molecule has 0 aliphatic heterocycles. The summed E-state index contributed by atoms with van der Waals surface area (Å²) in [6.45, 7) is 2.01. The molecule has 0 aromatic heterocycles. The predicted molar refractivity (Wildman–Crippen MR) is 76.0 cm³/mol. The average molecular weight is 292 g/mol. The highest BCUT2D eigenvalue weighted by Gasteiger charge is 2.64. The second-order valence-corrected chi connectivity index (χ2v) is 5.39. The average Bonchev–Trinajstić information content (AvgIpc) is 2.51. The molecule has 0 amide bonds. The first-order chi connectivity index (χ1) is 10.0. The molecule has 21 heavy (non-hydrogen) atoms. The summed E-state index contributed by atoms with van der Waals surface area (Å²) in [7, 11) is 4.18. The lowest BCUT2D eigenvalue weighted by molar-refractivity contribution is -0.183. The number of hydrogen-bond donors (Lipinski definition) is 0. The molecule has 114 valence electrons. The van der Waals surface area contributed by atoms with E-state index in [1.165, 1.54) is 14.2 Å². The quantitative estimate of drug-likeness (QED) is 0.628. The van der Waals surface area contributed by atoms with Gasteiger partial charge in [0.1, 0.15) is 5.75 Å². The van der Waals surface area contributed by atoms with E-state index in [-0.39, 0.29) is 11.8 Å². The van der Waals surface area contributed by atoms with Crippen molar-refractivity contribution in [3.63, 3.8) is 0 Å². The lowest BCUT2D eigenvalue weighted by atomic mass is 9.52. The smallest absolute Gasteiger partial charge is 0.323 e. The number of carbonyl (C=O) groups excluding carboxylic acids is 2. The highest BCUT2D eigenvalue weighted by Crippen LogP contribution is 2.58. The first kappa shape index (κ1) is 15.4. The van der Waals surface area contributed by atoms with E-state index in [0.29, 0.717) is 6.42 Å². The minimum absolute atomic E-state index is 0.191. The van der Waals surface area contributed by atoms with E-state index >= 15 is 0 Å². The van der Waals surface area contributed by atoms with Gasteiger partial charge in [-0.1, -0.05) is 19.1 Å². The zero-order chi connectivity index (χ0) is 15.6. The van der Waals surface area contributed by atoms with E-state index in [9.17, 15) is 9.59 Å². The molecular weight excluding hydrogens is 272 g/mol. The Balaban J connectivity index is 2.42. The Labute approximate surface area is 124 Å². The number of rotatable bonds is 4. The number of hydrogen-bond acceptors (Lipinski definition) is 5. The maximum Gasteiger partial charge on any atom is 0.323 e. The van der Waals surface area contributed by atoms with Gasteiger partial charge in [-0.15, -0.1) is 0 Å². The van der Waals surface area contributed by atoms with Crippen molar-refractivity contribution in [3.05, 3.63) is 29.8 Å². The van der Waals surface area contributed by atoms with Crippen LogP contribution >= 0.6 is 0 Å². The first-order valence-electron chi connectivity index (χ1n) is 6.82. The Morgan fingerprint density at radius 2 is 1.57 bits per heavy atom. The van der Waals surface area contributed by atoms with E-state index in [1.807, 2.05) is 31.2 Å². The second-order valence-electron chi connectivity index (χ2n) is 5.39. The molecule has 1 aliphatic carbocycles. The Morgan fingerprint density at radius 3 is 1.95 bits per heavy atom. The van der Waals surface area contributed by atoms with Gasteiger partial charge in [-0.2, -0.15) is 0 Å². The van der Waals surface area contributed by atoms with E-state index in [4.69, 9.17) is 14.2 Å². The number of ether oxygens (including phenoxy) is 3. The Hall–Kier alpha value is -2.04. The molecule has 2 rings (SSSR count). The van der Waals surface area contributed by atoms with Crippen LogP contribution in [0.1, 0.15) is 24.8 Å². The third kappa shape index (κ3) is 2.26. The second kappa shape index (κ2) is 5.76. The Bertz CT molecular complexity index is 518. The fourth-order valence-corrected chi connectivity index (χ4v) is 3.37. The molecular formula is C16H20O5. The molecule has 0 N–H and O–H groups in total. The topological polar surface area (TPSA) is 61.8 Å². The van der Waals surface area contributed by atoms with Gasteiger partial charge >= 0.3 is 11.9 Å². The number of carbonyl (C=O) groups is 2. The van der Waals surface area contributed by atoms with Crippen LogP contribution in [0.4, 0.5) is 0 Å². The van der Waals surface area contributed by atoms with E-state index < -0.39 is 17.4 Å². The van der Waals surface area contributed by atoms with Crippen molar-refractivity contribution in [2.45, 2.75) is 19.3 Å². The molecule has 1 fully saturated rings. The highest BCUT2D eigenvalue weighted by molar-refractivity contribution is 6.02. The molecule has 5 nitrogen and oxygen atoms in total. The summed E-state index contributed by atoms with van der Waals surface area (Å²) >= 11 is 0. The summed E-state index contributed by atoms with van der Waals surface area (Å²) in [6.07, 6.45) is 0.434. The molecule has 0 saturated heterocycles. The van der Waals surface area contributed by atoms with Crippen molar-refractivity contribution in [2.24, 2.45) is 11.3 Å². The predicted octanol–water partition coefficient (Wildman–Crippen LogP) is 2.15. The van der Waals surface area contributed by atoms with Crippen LogP contribution in [0.3, 0.4) is 0 Å². The van der Waals surface area contributed by atoms with Gasteiger partial charge < -0.3 is 14.2 Å². The molecule has 5 heteroatoms. The number of methoxy groups -OCH3 is 3. The van der Waals surface area contributed by atoms with Crippen LogP contribution in [0.5, 0.6) is 5.75 Å². The normalized spacial score (nSPS) is 22.9. The van der Waals surface area contributed by atoms with Crippen LogP contribution in [0.2, 0.25) is 0 Å². The Morgan fingerprint density at radius 1 is 1.05 bits per heavy atom. The van der Waals surface area contributed by atoms with E-state index in [2.05, 4.69) is 0 Å². The van der Waals surface area contributed by atoms with E-state index in [0.717, 1.165) is 11.3 Å². The number of benzene rings is 1. The van der Waals surface area contributed by atoms with Crippen LogP contribution in [-0.2, 0) is 19.1 Å². The van der Waals surface area contributed by atoms with Crippen LogP contribution in [0.15, 0.2) is 24.3 Å². The van der Waals surface area contributed by atoms with Gasteiger partial charge in [-0.3, -0.25) is 9.59 Å². The van der Waals surface area contributed by atoms with Gasteiger partial charge in [0.15, 0.2) is 5.41 Å². The van der Waals surface area contributed by atoms with Gasteiger partial charge in [0, 0.05) is 5.92 Å². The maximum atomic E-state index is 12.2. The van der Waals surface area contributed by atoms with Crippen molar-refractivity contribution >= 4 is 11.9 Å². The minimum Gasteiger partial charge on any atom is -0.497 e. The first-order valence-corrected chi connectivity index (χ1v) is 6.82. The van der Waals surface area contributed by atoms with Gasteiger partial charge in [0.05, 0.1) is 21.3 Å². The summed E-state index contributed by atoms with van der Waals surface area (Å²) in [4.78, 5) is 24.4. The lowest BCUT2D eigenvalue weighted by Gasteiger charge is -2.49. The standard InChI is InChI=1S/C16H20O5/c1-10-9-16(14(17)20-3,15(18)21-4)13(10)11-5-7-12(19-2)8-6-11/h5-8,10,13H,9H2,1-4H3/t10-,13+/m0/s1. The van der Waals surface area contributed by atoms with Crippen LogP contribution in [0.25, 0.3) is 0 Å². The molecule has 2 atom stereocenters. The SMILES string of the molecule is COC(=O)C1(C(=O)OC)C[C@H](C)[C@@H]1c1ccc(OC)cc1. The molecule has 0 bridgehead atoms. The molecule has 1 aromatic carbocycles. The largest absolute Gasteiger partial charge is 0.497 e. The fourth-order valence-electron chi connectivity index (χ4n) is 3.37. The summed E-state index contributed by atoms with van der Waals surface area (Å²) < 4.78 is 14.9. The van der Waals surface area contributed by atoms with Crippen LogP contribution in [0, 0.1) is 11.3 Å². The van der Waals surface area contributed by atoms with Crippen molar-refractivity contribution < 1.29 is 23.8 Å². The van der Waals surface area contributed by atoms with Crippen LogP contribution in [-0.4, -0.2) is 33.3 Å². The monoisotopic (exact) mass is 292 g/mol. The van der Waals surface area contributed by atoms with Gasteiger partial charge in [0.25, 0.3) is 0 Å². The van der Waals surface area contributed by atoms with E-state index in [1.54, 1.807) is 7.11 Å². The molecule has 0 spiro atoms. The van der Waals surface area contributed by atoms with Gasteiger partial charge in [-0.25, -0.2) is 0 Å². The molecule has 1 aliphatic rings. The third-order valence-corrected chi connectivity index (χ3v) is 4.32. The van der Waals surface area contributed by atoms with Gasteiger partial charge in [-0.05, 0) is 30.0 Å². The van der Waals surface area contributed by atoms with Crippen molar-refractivity contribution in [2.75, 3.05) is 21.3 Å². The zero-order valence-electron chi connectivity index (χ0n) is 12.7. The zero-order valence-corrected chi connectivity index (χ0v) is 12.7. The summed E-state index contributed by atoms with van der Waals surface area (Å²) in [5, 5.41) is 0. The molecule has 0 unspecified atom stereocenters. The summed E-state index contributed by atoms with van der Waals surface area (Å²) in [6, 6.07) is 7.39. The summed E-state index contributed by atoms with van der Waals surface area (Å²) in [5.74, 6) is -0.395. The summed E-state index contributed by atoms with van der Waals surface area (Å²) in [5.41, 5.74) is -0.331. The van der Waals surface area contributed by atoms with Crippen molar-refractivity contribution in [1.29, 1.82) is 0 Å². The fraction of sp³-hybridized carbons (Fsp3) is 0.500. The maximum absolute atomic E-state index is 12.2. The molecule has 0 radical (unpaired) electrons. The highest BCUT2D eigenvalue weighted by atomic mass is 16.5. The van der Waals surface area contributed by atoms with Crippen molar-refractivity contribution in [1.82, 2.24) is 0 Å². The molecule has 1 aromatic rings. The minimum atomic E-state index is -1.24. The number of esters is 2. The molecule has 1 saturated carbocycles. The van der Waals surface area contributed by atoms with Crippen molar-refractivity contribution in [3.8, 4) is 5.75 Å². The molecule has 0 heterocycles. The Kier molecular flexibility index (Phi) is 4.21. The third-order valence-electron chi connectivity index (χ3n) is 4.32. The lowest BCUT2D eigenvalue weighted by Crippen LogP contribution is -2.56. The van der Waals surface area contributed by atoms with Gasteiger partial charge in [0.2, 0.25) is 0 Å². The van der Waals surface area contributed by atoms with Crippen LogP contribution < -0.4 is 4.74 Å².